The Hall–Kier alpha value is -2.41. The summed E-state index contributed by atoms with van der Waals surface area (Å²) in [7, 11) is 2.06. The molecule has 31 heavy (non-hydrogen) atoms. The molecular weight excluding hydrogens is 392 g/mol. The Kier molecular flexibility index (Phi) is 6.32. The molecule has 7 nitrogen and oxygen atoms in total. The van der Waals surface area contributed by atoms with E-state index in [0.717, 1.165) is 54.4 Å². The van der Waals surface area contributed by atoms with E-state index in [1.54, 1.807) is 0 Å². The minimum absolute atomic E-state index is 0.0442. The molecule has 0 bridgehead atoms. The van der Waals surface area contributed by atoms with Gasteiger partial charge in [0.05, 0.1) is 6.54 Å². The predicted molar refractivity (Wildman–Crippen MR) is 118 cm³/mol. The fourth-order valence-electron chi connectivity index (χ4n) is 4.20. The number of benzene rings is 1. The van der Waals surface area contributed by atoms with Crippen LogP contribution >= 0.6 is 0 Å². The van der Waals surface area contributed by atoms with Crippen LogP contribution in [0.1, 0.15) is 74.7 Å². The number of hydrogen-bond donors (Lipinski definition) is 0. The maximum Gasteiger partial charge on any atom is 0.263 e. The average Bonchev–Trinajstić information content (AvgIpc) is 3.26. The van der Waals surface area contributed by atoms with Crippen molar-refractivity contribution in [3.63, 3.8) is 0 Å². The zero-order valence-corrected chi connectivity index (χ0v) is 19.3. The van der Waals surface area contributed by atoms with Crippen LogP contribution in [-0.4, -0.2) is 58.1 Å². The van der Waals surface area contributed by atoms with Crippen molar-refractivity contribution in [2.75, 3.05) is 20.1 Å². The standard InChI is InChI=1S/C24H34N4O3/c1-15(2)20-9-6-16(3)12-21(20)30-17(4)24(29)28-11-10-19(13-28)27(5)14-22-25-23(31-26-22)18-7-8-18/h6,9,12,15,17-19H,7-8,10-11,13-14H2,1-5H3/t17-,19-/m0/s1. The van der Waals surface area contributed by atoms with Crippen molar-refractivity contribution in [2.24, 2.45) is 0 Å². The number of likely N-dealkylation sites (N-methyl/N-ethyl adjacent to an activating group) is 1. The third-order valence-corrected chi connectivity index (χ3v) is 6.34. The Labute approximate surface area is 184 Å². The summed E-state index contributed by atoms with van der Waals surface area (Å²) in [5.41, 5.74) is 2.27. The number of ether oxygens (including phenoxy) is 1. The van der Waals surface area contributed by atoms with Crippen LogP contribution in [0.25, 0.3) is 0 Å². The van der Waals surface area contributed by atoms with Gasteiger partial charge in [-0.05, 0) is 63.3 Å². The van der Waals surface area contributed by atoms with Crippen LogP contribution in [0, 0.1) is 6.92 Å². The number of nitrogens with zero attached hydrogens (tertiary/aromatic N) is 4. The molecule has 1 aliphatic heterocycles. The second-order valence-electron chi connectivity index (χ2n) is 9.42. The molecule has 0 radical (unpaired) electrons. The molecule has 1 aromatic carbocycles. The highest BCUT2D eigenvalue weighted by Crippen LogP contribution is 2.38. The maximum atomic E-state index is 13.1. The molecule has 4 rings (SSSR count). The molecule has 2 aromatic rings. The lowest BCUT2D eigenvalue weighted by Crippen LogP contribution is -2.41. The van der Waals surface area contributed by atoms with Gasteiger partial charge in [0.2, 0.25) is 5.89 Å². The third kappa shape index (κ3) is 5.09. The molecule has 1 saturated heterocycles. The number of aromatic nitrogens is 2. The average molecular weight is 427 g/mol. The van der Waals surface area contributed by atoms with E-state index in [1.165, 1.54) is 0 Å². The number of hydrogen-bond acceptors (Lipinski definition) is 6. The van der Waals surface area contributed by atoms with E-state index in [-0.39, 0.29) is 11.9 Å². The molecule has 0 N–H and O–H groups in total. The van der Waals surface area contributed by atoms with Crippen LogP contribution in [0.2, 0.25) is 0 Å². The first kappa shape index (κ1) is 21.8. The topological polar surface area (TPSA) is 71.7 Å². The van der Waals surface area contributed by atoms with Crippen LogP contribution in [0.4, 0.5) is 0 Å². The van der Waals surface area contributed by atoms with Gasteiger partial charge in [0, 0.05) is 25.0 Å². The molecule has 2 aliphatic rings. The van der Waals surface area contributed by atoms with E-state index in [2.05, 4.69) is 48.1 Å². The molecule has 168 valence electrons. The Morgan fingerprint density at radius 3 is 2.77 bits per heavy atom. The van der Waals surface area contributed by atoms with Gasteiger partial charge in [-0.15, -0.1) is 0 Å². The van der Waals surface area contributed by atoms with E-state index in [4.69, 9.17) is 9.26 Å². The zero-order chi connectivity index (χ0) is 22.1. The molecule has 1 aromatic heterocycles. The second-order valence-corrected chi connectivity index (χ2v) is 9.42. The van der Waals surface area contributed by atoms with Crippen LogP contribution in [-0.2, 0) is 11.3 Å². The highest BCUT2D eigenvalue weighted by molar-refractivity contribution is 5.81. The molecule has 2 atom stereocenters. The van der Waals surface area contributed by atoms with Crippen molar-refractivity contribution in [3.05, 3.63) is 41.0 Å². The van der Waals surface area contributed by atoms with Crippen LogP contribution < -0.4 is 4.74 Å². The van der Waals surface area contributed by atoms with E-state index < -0.39 is 6.10 Å². The summed E-state index contributed by atoms with van der Waals surface area (Å²) in [5.74, 6) is 3.17. The van der Waals surface area contributed by atoms with E-state index in [0.29, 0.717) is 24.9 Å². The quantitative estimate of drug-likeness (QED) is 0.638. The van der Waals surface area contributed by atoms with Gasteiger partial charge in [-0.25, -0.2) is 0 Å². The first-order valence-electron chi connectivity index (χ1n) is 11.4. The maximum absolute atomic E-state index is 13.1. The van der Waals surface area contributed by atoms with Crippen LogP contribution in [0.3, 0.4) is 0 Å². The van der Waals surface area contributed by atoms with Gasteiger partial charge >= 0.3 is 0 Å². The molecule has 0 spiro atoms. The van der Waals surface area contributed by atoms with Gasteiger partial charge in [0.15, 0.2) is 11.9 Å². The van der Waals surface area contributed by atoms with Crippen molar-refractivity contribution in [1.82, 2.24) is 19.9 Å². The summed E-state index contributed by atoms with van der Waals surface area (Å²) in [6.45, 7) is 10.2. The smallest absolute Gasteiger partial charge is 0.263 e. The number of carbonyl (C=O) groups is 1. The van der Waals surface area contributed by atoms with Crippen molar-refractivity contribution in [2.45, 2.75) is 77.5 Å². The summed E-state index contributed by atoms with van der Waals surface area (Å²) < 4.78 is 11.5. The molecule has 0 unspecified atom stereocenters. The molecule has 7 heteroatoms. The first-order chi connectivity index (χ1) is 14.8. The van der Waals surface area contributed by atoms with Crippen molar-refractivity contribution in [1.29, 1.82) is 0 Å². The SMILES string of the molecule is Cc1ccc(C(C)C)c(O[C@@H](C)C(=O)N2CC[C@H](N(C)Cc3noc(C4CC4)n3)C2)c1. The van der Waals surface area contributed by atoms with Gasteiger partial charge in [-0.2, -0.15) is 4.98 Å². The monoisotopic (exact) mass is 426 g/mol. The largest absolute Gasteiger partial charge is 0.481 e. The summed E-state index contributed by atoms with van der Waals surface area (Å²) in [5, 5.41) is 4.12. The second kappa shape index (κ2) is 8.99. The minimum atomic E-state index is -0.512. The molecule has 1 saturated carbocycles. The first-order valence-corrected chi connectivity index (χ1v) is 11.4. The van der Waals surface area contributed by atoms with Crippen LogP contribution in [0.15, 0.2) is 22.7 Å². The fourth-order valence-corrected chi connectivity index (χ4v) is 4.20. The number of aryl methyl sites for hydroxylation is 1. The van der Waals surface area contributed by atoms with Gasteiger partial charge < -0.3 is 14.2 Å². The summed E-state index contributed by atoms with van der Waals surface area (Å²) in [4.78, 5) is 21.7. The number of likely N-dealkylation sites (tertiary alicyclic amines) is 1. The zero-order valence-electron chi connectivity index (χ0n) is 19.3. The lowest BCUT2D eigenvalue weighted by Gasteiger charge is -2.25. The number of rotatable bonds is 8. The number of amides is 1. The Balaban J connectivity index is 1.32. The van der Waals surface area contributed by atoms with Gasteiger partial charge in [0.25, 0.3) is 5.91 Å². The lowest BCUT2D eigenvalue weighted by molar-refractivity contribution is -0.137. The van der Waals surface area contributed by atoms with Crippen molar-refractivity contribution < 1.29 is 14.1 Å². The highest BCUT2D eigenvalue weighted by atomic mass is 16.5. The Morgan fingerprint density at radius 2 is 2.06 bits per heavy atom. The van der Waals surface area contributed by atoms with E-state index >= 15 is 0 Å². The minimum Gasteiger partial charge on any atom is -0.481 e. The summed E-state index contributed by atoms with van der Waals surface area (Å²) >= 11 is 0. The van der Waals surface area contributed by atoms with E-state index in [1.807, 2.05) is 24.8 Å². The van der Waals surface area contributed by atoms with Gasteiger partial charge in [-0.3, -0.25) is 9.69 Å². The van der Waals surface area contributed by atoms with Gasteiger partial charge in [-0.1, -0.05) is 31.1 Å². The molecule has 2 fully saturated rings. The summed E-state index contributed by atoms with van der Waals surface area (Å²) in [6.07, 6.45) is 2.73. The number of carbonyl (C=O) groups excluding carboxylic acids is 1. The Morgan fingerprint density at radius 1 is 1.29 bits per heavy atom. The Bertz CT molecular complexity index is 921. The lowest BCUT2D eigenvalue weighted by atomic mass is 10.0. The molecule has 1 aliphatic carbocycles. The van der Waals surface area contributed by atoms with E-state index in [9.17, 15) is 4.79 Å². The molecular formula is C24H34N4O3. The van der Waals surface area contributed by atoms with Gasteiger partial charge in [0.1, 0.15) is 5.75 Å². The van der Waals surface area contributed by atoms with Crippen LogP contribution in [0.5, 0.6) is 5.75 Å². The molecule has 1 amide bonds. The highest BCUT2D eigenvalue weighted by Gasteiger charge is 2.33. The normalized spacial score (nSPS) is 20.0. The third-order valence-electron chi connectivity index (χ3n) is 6.34. The fraction of sp³-hybridized carbons (Fsp3) is 0.625. The summed E-state index contributed by atoms with van der Waals surface area (Å²) in [6, 6.07) is 6.50. The van der Waals surface area contributed by atoms with Crippen molar-refractivity contribution in [3.8, 4) is 5.75 Å². The predicted octanol–water partition coefficient (Wildman–Crippen LogP) is 3.88. The van der Waals surface area contributed by atoms with Crippen molar-refractivity contribution >= 4 is 5.91 Å². The molecule has 2 heterocycles.